The SMILES string of the molecule is CS(=O)(=O)NC(=O)[C@H](N)Cc1ccc(O)cc1. The van der Waals surface area contributed by atoms with Gasteiger partial charge in [0.2, 0.25) is 10.0 Å². The van der Waals surface area contributed by atoms with Crippen LogP contribution in [0.1, 0.15) is 5.56 Å². The maximum atomic E-state index is 11.4. The first kappa shape index (κ1) is 13.5. The fourth-order valence-corrected chi connectivity index (χ4v) is 1.75. The Morgan fingerprint density at radius 2 is 1.94 bits per heavy atom. The van der Waals surface area contributed by atoms with E-state index in [0.717, 1.165) is 11.8 Å². The molecule has 0 unspecified atom stereocenters. The van der Waals surface area contributed by atoms with Gasteiger partial charge in [-0.1, -0.05) is 12.1 Å². The van der Waals surface area contributed by atoms with Gasteiger partial charge in [-0.05, 0) is 24.1 Å². The Balaban J connectivity index is 2.63. The van der Waals surface area contributed by atoms with Crippen LogP contribution in [0.2, 0.25) is 0 Å². The number of phenolic OH excluding ortho intramolecular Hbond substituents is 1. The Hall–Kier alpha value is -1.60. The van der Waals surface area contributed by atoms with Crippen molar-refractivity contribution in [2.45, 2.75) is 12.5 Å². The number of hydrogen-bond acceptors (Lipinski definition) is 5. The standard InChI is InChI=1S/C10H14N2O4S/c1-17(15,16)12-10(14)9(11)6-7-2-4-8(13)5-3-7/h2-5,9,13H,6,11H2,1H3,(H,12,14)/t9-/m1/s1. The number of aromatic hydroxyl groups is 1. The largest absolute Gasteiger partial charge is 0.508 e. The minimum Gasteiger partial charge on any atom is -0.508 e. The Bertz CT molecular complexity index is 496. The summed E-state index contributed by atoms with van der Waals surface area (Å²) in [5, 5.41) is 9.06. The van der Waals surface area contributed by atoms with Crippen LogP contribution < -0.4 is 10.5 Å². The minimum atomic E-state index is -3.59. The summed E-state index contributed by atoms with van der Waals surface area (Å²) in [6, 6.07) is 5.22. The molecule has 0 aromatic heterocycles. The molecular formula is C10H14N2O4S. The van der Waals surface area contributed by atoms with Crippen molar-refractivity contribution in [3.05, 3.63) is 29.8 Å². The summed E-state index contributed by atoms with van der Waals surface area (Å²) in [7, 11) is -3.59. The summed E-state index contributed by atoms with van der Waals surface area (Å²) >= 11 is 0. The third kappa shape index (κ3) is 4.83. The minimum absolute atomic E-state index is 0.114. The molecular weight excluding hydrogens is 244 g/mol. The molecule has 0 spiro atoms. The normalized spacial score (nSPS) is 13.1. The second kappa shape index (κ2) is 5.15. The first-order valence-corrected chi connectivity index (χ1v) is 6.72. The van der Waals surface area contributed by atoms with Gasteiger partial charge in [-0.2, -0.15) is 0 Å². The lowest BCUT2D eigenvalue weighted by Crippen LogP contribution is -2.44. The van der Waals surface area contributed by atoms with Gasteiger partial charge in [-0.3, -0.25) is 9.52 Å². The molecule has 1 rings (SSSR count). The number of nitrogens with one attached hydrogen (secondary N) is 1. The Morgan fingerprint density at radius 1 is 1.41 bits per heavy atom. The van der Waals surface area contributed by atoms with Crippen LogP contribution in [0.5, 0.6) is 5.75 Å². The van der Waals surface area contributed by atoms with Gasteiger partial charge in [0.15, 0.2) is 0 Å². The van der Waals surface area contributed by atoms with Crippen LogP contribution >= 0.6 is 0 Å². The van der Waals surface area contributed by atoms with Gasteiger partial charge >= 0.3 is 0 Å². The number of amides is 1. The van der Waals surface area contributed by atoms with Crippen LogP contribution in [0.4, 0.5) is 0 Å². The van der Waals surface area contributed by atoms with Crippen molar-refractivity contribution in [3.8, 4) is 5.75 Å². The molecule has 0 aliphatic carbocycles. The number of carbonyl (C=O) groups is 1. The molecule has 6 nitrogen and oxygen atoms in total. The summed E-state index contributed by atoms with van der Waals surface area (Å²) in [4.78, 5) is 11.4. The molecule has 1 amide bonds. The highest BCUT2D eigenvalue weighted by Crippen LogP contribution is 2.10. The van der Waals surface area contributed by atoms with E-state index in [-0.39, 0.29) is 12.2 Å². The van der Waals surface area contributed by atoms with Crippen LogP contribution in [0.3, 0.4) is 0 Å². The van der Waals surface area contributed by atoms with Crippen LogP contribution in [-0.4, -0.2) is 31.7 Å². The Labute approximate surface area is 99.5 Å². The number of rotatable bonds is 4. The third-order valence-electron chi connectivity index (χ3n) is 2.01. The molecule has 0 bridgehead atoms. The highest BCUT2D eigenvalue weighted by molar-refractivity contribution is 7.89. The molecule has 4 N–H and O–H groups in total. The average molecular weight is 258 g/mol. The maximum absolute atomic E-state index is 11.4. The van der Waals surface area contributed by atoms with Gasteiger partial charge in [0.25, 0.3) is 5.91 Å². The van der Waals surface area contributed by atoms with Gasteiger partial charge in [0, 0.05) is 0 Å². The smallest absolute Gasteiger partial charge is 0.250 e. The van der Waals surface area contributed by atoms with Crippen molar-refractivity contribution in [1.82, 2.24) is 4.72 Å². The lowest BCUT2D eigenvalue weighted by molar-refractivity contribution is -0.120. The molecule has 0 fully saturated rings. The highest BCUT2D eigenvalue weighted by Gasteiger charge is 2.17. The van der Waals surface area contributed by atoms with Gasteiger partial charge in [-0.25, -0.2) is 8.42 Å². The van der Waals surface area contributed by atoms with Crippen molar-refractivity contribution in [1.29, 1.82) is 0 Å². The summed E-state index contributed by atoms with van der Waals surface area (Å²) in [5.74, 6) is -0.636. The van der Waals surface area contributed by atoms with Crippen molar-refractivity contribution >= 4 is 15.9 Å². The zero-order valence-corrected chi connectivity index (χ0v) is 10.1. The predicted octanol–water partition coefficient (Wildman–Crippen LogP) is -0.662. The quantitative estimate of drug-likeness (QED) is 0.664. The van der Waals surface area contributed by atoms with E-state index in [0.29, 0.717) is 0 Å². The number of sulfonamides is 1. The van der Waals surface area contributed by atoms with Gasteiger partial charge in [0.05, 0.1) is 12.3 Å². The lowest BCUT2D eigenvalue weighted by Gasteiger charge is -2.11. The Morgan fingerprint density at radius 3 is 2.41 bits per heavy atom. The topological polar surface area (TPSA) is 109 Å². The highest BCUT2D eigenvalue weighted by atomic mass is 32.2. The fourth-order valence-electron chi connectivity index (χ4n) is 1.24. The van der Waals surface area contributed by atoms with Crippen molar-refractivity contribution < 1.29 is 18.3 Å². The molecule has 0 saturated heterocycles. The Kier molecular flexibility index (Phi) is 4.08. The van der Waals surface area contributed by atoms with E-state index in [1.165, 1.54) is 12.1 Å². The predicted molar refractivity (Wildman–Crippen MR) is 62.8 cm³/mol. The number of phenols is 1. The molecule has 0 saturated carbocycles. The molecule has 17 heavy (non-hydrogen) atoms. The summed E-state index contributed by atoms with van der Waals surface area (Å²) in [6.07, 6.45) is 1.08. The summed E-state index contributed by atoms with van der Waals surface area (Å²) in [5.41, 5.74) is 6.29. The third-order valence-corrected chi connectivity index (χ3v) is 2.59. The van der Waals surface area contributed by atoms with E-state index < -0.39 is 22.0 Å². The van der Waals surface area contributed by atoms with Crippen LogP contribution in [0.15, 0.2) is 24.3 Å². The zero-order valence-electron chi connectivity index (χ0n) is 9.25. The molecule has 7 heteroatoms. The van der Waals surface area contributed by atoms with E-state index in [1.807, 2.05) is 4.72 Å². The fraction of sp³-hybridized carbons (Fsp3) is 0.300. The van der Waals surface area contributed by atoms with Crippen LogP contribution in [-0.2, 0) is 21.2 Å². The molecule has 0 radical (unpaired) electrons. The average Bonchev–Trinajstić information content (AvgIpc) is 2.19. The number of benzene rings is 1. The maximum Gasteiger partial charge on any atom is 0.250 e. The van der Waals surface area contributed by atoms with E-state index in [1.54, 1.807) is 12.1 Å². The second-order valence-corrected chi connectivity index (χ2v) is 5.46. The van der Waals surface area contributed by atoms with Crippen molar-refractivity contribution in [2.24, 2.45) is 5.73 Å². The monoisotopic (exact) mass is 258 g/mol. The number of carbonyl (C=O) groups excluding carboxylic acids is 1. The molecule has 1 aromatic rings. The first-order valence-electron chi connectivity index (χ1n) is 4.83. The molecule has 0 heterocycles. The van der Waals surface area contributed by atoms with E-state index in [9.17, 15) is 13.2 Å². The molecule has 0 aliphatic rings. The summed E-state index contributed by atoms with van der Waals surface area (Å²) in [6.45, 7) is 0. The van der Waals surface area contributed by atoms with Gasteiger partial charge in [-0.15, -0.1) is 0 Å². The van der Waals surface area contributed by atoms with Gasteiger partial charge < -0.3 is 10.8 Å². The molecule has 1 atom stereocenters. The molecule has 94 valence electrons. The number of nitrogens with two attached hydrogens (primary N) is 1. The van der Waals surface area contributed by atoms with Crippen LogP contribution in [0, 0.1) is 0 Å². The van der Waals surface area contributed by atoms with E-state index in [2.05, 4.69) is 0 Å². The second-order valence-electron chi connectivity index (χ2n) is 3.72. The van der Waals surface area contributed by atoms with Crippen molar-refractivity contribution in [3.63, 3.8) is 0 Å². The summed E-state index contributed by atoms with van der Waals surface area (Å²) < 4.78 is 23.5. The van der Waals surface area contributed by atoms with E-state index in [4.69, 9.17) is 10.8 Å². The molecule has 1 aromatic carbocycles. The number of hydrogen-bond donors (Lipinski definition) is 3. The molecule has 0 aliphatic heterocycles. The van der Waals surface area contributed by atoms with Crippen molar-refractivity contribution in [2.75, 3.05) is 6.26 Å². The lowest BCUT2D eigenvalue weighted by atomic mass is 10.1. The van der Waals surface area contributed by atoms with E-state index >= 15 is 0 Å². The first-order chi connectivity index (χ1) is 7.78. The van der Waals surface area contributed by atoms with Crippen LogP contribution in [0.25, 0.3) is 0 Å². The van der Waals surface area contributed by atoms with Gasteiger partial charge in [0.1, 0.15) is 5.75 Å². The zero-order chi connectivity index (χ0) is 13.1.